The van der Waals surface area contributed by atoms with E-state index in [2.05, 4.69) is 113 Å². The van der Waals surface area contributed by atoms with Crippen LogP contribution in [0.2, 0.25) is 0 Å². The van der Waals surface area contributed by atoms with Gasteiger partial charge in [0.25, 0.3) is 0 Å². The fourth-order valence-electron chi connectivity index (χ4n) is 11.1. The quantitative estimate of drug-likeness (QED) is 0.0169. The first kappa shape index (κ1) is 98.2. The van der Waals surface area contributed by atoms with Crippen molar-refractivity contribution >= 4 is 39.5 Å². The molecule has 0 aliphatic rings. The highest BCUT2D eigenvalue weighted by atomic mass is 31.2. The van der Waals surface area contributed by atoms with Gasteiger partial charge in [0.15, 0.2) is 12.2 Å². The van der Waals surface area contributed by atoms with Gasteiger partial charge in [-0.15, -0.1) is 0 Å². The maximum atomic E-state index is 13.1. The van der Waals surface area contributed by atoms with Crippen LogP contribution in [0.15, 0.2) is 85.1 Å². The van der Waals surface area contributed by atoms with E-state index in [0.717, 1.165) is 154 Å². The van der Waals surface area contributed by atoms with Gasteiger partial charge < -0.3 is 33.8 Å². The Bertz CT molecular complexity index is 2260. The number of esters is 4. The number of carbonyl (C=O) groups is 4. The van der Waals surface area contributed by atoms with Crippen LogP contribution in [0.4, 0.5) is 0 Å². The number of rotatable bonds is 77. The molecule has 0 amide bonds. The number of aliphatic hydroxyl groups excluding tert-OH is 1. The van der Waals surface area contributed by atoms with E-state index in [1.54, 1.807) is 0 Å². The Hall–Kier alpha value is -3.76. The number of ether oxygens (including phenoxy) is 4. The molecule has 0 heterocycles. The molecule has 0 fully saturated rings. The molecule has 0 aromatic carbocycles. The molecule has 592 valence electrons. The zero-order chi connectivity index (χ0) is 74.6. The third kappa shape index (κ3) is 74.5. The lowest BCUT2D eigenvalue weighted by Crippen LogP contribution is -2.30. The normalized spacial score (nSPS) is 14.3. The summed E-state index contributed by atoms with van der Waals surface area (Å²) < 4.78 is 68.6. The van der Waals surface area contributed by atoms with Crippen molar-refractivity contribution in [1.29, 1.82) is 0 Å². The molecule has 0 saturated heterocycles. The summed E-state index contributed by atoms with van der Waals surface area (Å²) in [6.45, 7) is 4.75. The third-order valence-corrected chi connectivity index (χ3v) is 19.2. The van der Waals surface area contributed by atoms with Crippen LogP contribution in [0.5, 0.6) is 0 Å². The summed E-state index contributed by atoms with van der Waals surface area (Å²) in [5, 5.41) is 10.6. The molecular weight excluding hydrogens is 1330 g/mol. The molecule has 0 aromatic heterocycles. The van der Waals surface area contributed by atoms with Crippen LogP contribution in [0.25, 0.3) is 0 Å². The predicted octanol–water partition coefficient (Wildman–Crippen LogP) is 23.8. The van der Waals surface area contributed by atoms with Crippen LogP contribution in [0.3, 0.4) is 0 Å². The molecule has 0 aromatic rings. The highest BCUT2D eigenvalue weighted by Gasteiger charge is 2.30. The lowest BCUT2D eigenvalue weighted by atomic mass is 10.0. The number of allylic oxidation sites excluding steroid dienone is 14. The Morgan fingerprint density at radius 1 is 0.284 bits per heavy atom. The molecule has 0 aliphatic heterocycles. The van der Waals surface area contributed by atoms with Crippen LogP contribution < -0.4 is 0 Å². The number of phosphoric ester groups is 2. The summed E-state index contributed by atoms with van der Waals surface area (Å²) in [4.78, 5) is 73.0. The molecule has 0 saturated carbocycles. The monoisotopic (exact) mass is 1480 g/mol. The number of unbranched alkanes of at least 4 members (excludes halogenated alkanes) is 37. The molecule has 0 rings (SSSR count). The van der Waals surface area contributed by atoms with E-state index in [1.807, 2.05) is 0 Å². The van der Waals surface area contributed by atoms with Gasteiger partial charge in [-0.3, -0.25) is 37.3 Å². The van der Waals surface area contributed by atoms with E-state index < -0.39 is 97.5 Å². The Morgan fingerprint density at radius 3 is 0.814 bits per heavy atom. The zero-order valence-electron chi connectivity index (χ0n) is 64.8. The van der Waals surface area contributed by atoms with Crippen molar-refractivity contribution in [2.24, 2.45) is 0 Å². The van der Waals surface area contributed by atoms with Crippen molar-refractivity contribution in [2.45, 2.75) is 380 Å². The number of hydrogen-bond acceptors (Lipinski definition) is 15. The van der Waals surface area contributed by atoms with E-state index in [1.165, 1.54) is 128 Å². The maximum absolute atomic E-state index is 13.1. The van der Waals surface area contributed by atoms with Crippen molar-refractivity contribution < 1.29 is 80.2 Å². The van der Waals surface area contributed by atoms with Crippen molar-refractivity contribution in [3.05, 3.63) is 85.1 Å². The molecule has 3 N–H and O–H groups in total. The van der Waals surface area contributed by atoms with Crippen molar-refractivity contribution in [2.75, 3.05) is 39.6 Å². The second-order valence-electron chi connectivity index (χ2n) is 27.3. The van der Waals surface area contributed by atoms with Crippen LogP contribution in [0, 0.1) is 0 Å². The maximum Gasteiger partial charge on any atom is 0.472 e. The van der Waals surface area contributed by atoms with E-state index >= 15 is 0 Å². The summed E-state index contributed by atoms with van der Waals surface area (Å²) >= 11 is 0. The SMILES string of the molecule is CC/C=C\C/C=C\C/C=C\C/C=C\C/C=C\CCCCCC(=O)OCC(COP(=O)(O)OCC(O)COP(=O)(O)OCC(COC(=O)CCCCCCC/C=C\CCCCCCCC)OC(=O)CCCCCCC/C=C\CCCCCC)OC(=O)CCCCCCCCCCCCCCCCC. The van der Waals surface area contributed by atoms with Gasteiger partial charge in [0.2, 0.25) is 0 Å². The minimum atomic E-state index is -4.98. The predicted molar refractivity (Wildman–Crippen MR) is 418 cm³/mol. The van der Waals surface area contributed by atoms with Gasteiger partial charge in [-0.2, -0.15) is 0 Å². The second-order valence-corrected chi connectivity index (χ2v) is 30.2. The average Bonchev–Trinajstić information content (AvgIpc) is 0.924. The number of hydrogen-bond donors (Lipinski definition) is 3. The molecule has 0 spiro atoms. The Kier molecular flexibility index (Phi) is 72.7. The smallest absolute Gasteiger partial charge is 0.462 e. The number of aliphatic hydroxyl groups is 1. The lowest BCUT2D eigenvalue weighted by Gasteiger charge is -2.21. The Morgan fingerprint density at radius 2 is 0.510 bits per heavy atom. The summed E-state index contributed by atoms with van der Waals surface area (Å²) in [7, 11) is -9.96. The average molecular weight is 1480 g/mol. The van der Waals surface area contributed by atoms with Crippen LogP contribution in [-0.2, 0) is 65.4 Å². The van der Waals surface area contributed by atoms with Gasteiger partial charge in [0.1, 0.15) is 19.3 Å². The zero-order valence-corrected chi connectivity index (χ0v) is 66.6. The first-order chi connectivity index (χ1) is 49.7. The van der Waals surface area contributed by atoms with Crippen LogP contribution in [-0.4, -0.2) is 96.7 Å². The van der Waals surface area contributed by atoms with Gasteiger partial charge in [-0.05, 0) is 122 Å². The fraction of sp³-hybridized carbons (Fsp3) is 0.783. The molecular formula is C83H148O17P2. The minimum Gasteiger partial charge on any atom is -0.462 e. The molecule has 5 atom stereocenters. The molecule has 17 nitrogen and oxygen atoms in total. The van der Waals surface area contributed by atoms with Crippen LogP contribution in [0.1, 0.15) is 362 Å². The largest absolute Gasteiger partial charge is 0.472 e. The van der Waals surface area contributed by atoms with E-state index in [-0.39, 0.29) is 25.7 Å². The minimum absolute atomic E-state index is 0.0854. The summed E-state index contributed by atoms with van der Waals surface area (Å²) in [5.41, 5.74) is 0. The Labute approximate surface area is 621 Å². The topological polar surface area (TPSA) is 237 Å². The summed E-state index contributed by atoms with van der Waals surface area (Å²) in [6.07, 6.45) is 78.4. The first-order valence-corrected chi connectivity index (χ1v) is 43.8. The molecule has 5 unspecified atom stereocenters. The van der Waals surface area contributed by atoms with Gasteiger partial charge in [0.05, 0.1) is 26.4 Å². The highest BCUT2D eigenvalue weighted by molar-refractivity contribution is 7.47. The van der Waals surface area contributed by atoms with Crippen molar-refractivity contribution in [1.82, 2.24) is 0 Å². The van der Waals surface area contributed by atoms with Gasteiger partial charge in [0, 0.05) is 25.7 Å². The van der Waals surface area contributed by atoms with E-state index in [4.69, 9.17) is 37.0 Å². The lowest BCUT2D eigenvalue weighted by molar-refractivity contribution is -0.161. The van der Waals surface area contributed by atoms with E-state index in [9.17, 15) is 43.2 Å². The van der Waals surface area contributed by atoms with Gasteiger partial charge >= 0.3 is 39.5 Å². The summed E-state index contributed by atoms with van der Waals surface area (Å²) in [6, 6.07) is 0. The van der Waals surface area contributed by atoms with Gasteiger partial charge in [-0.1, -0.05) is 299 Å². The molecule has 0 bridgehead atoms. The summed E-state index contributed by atoms with van der Waals surface area (Å²) in [5.74, 6) is -2.20. The van der Waals surface area contributed by atoms with Crippen molar-refractivity contribution in [3.8, 4) is 0 Å². The Balaban J connectivity index is 5.36. The standard InChI is InChI=1S/C83H148O17P2/c1-5-9-13-17-21-25-29-33-36-37-38-39-42-45-48-52-56-60-64-68-81(86)94-74-79(100-83(88)70-66-62-58-54-50-46-41-35-31-27-23-19-15-11-7-3)76-98-102(91,92)96-72-77(84)71-95-101(89,90)97-75-78(99-82(87)69-65-61-57-53-49-43-32-28-24-20-16-12-8-4)73-93-80(85)67-63-59-55-51-47-44-40-34-30-26-22-18-14-10-6-2/h9,13,21,25,28,32-34,36,38-40,45,48,77-79,84H,5-8,10-12,14-20,22-24,26-27,29-31,35,37,41-44,46-47,49-76H2,1-4H3,(H,89,90)(H,91,92)/b13-9-,25-21-,32-28-,36-33-,39-38-,40-34-,48-45-. The molecule has 0 radical (unpaired) electrons. The second kappa shape index (κ2) is 75.5. The molecule has 0 aliphatic carbocycles. The molecule has 19 heteroatoms. The highest BCUT2D eigenvalue weighted by Crippen LogP contribution is 2.45. The third-order valence-electron chi connectivity index (χ3n) is 17.3. The van der Waals surface area contributed by atoms with E-state index in [0.29, 0.717) is 25.7 Å². The fourth-order valence-corrected chi connectivity index (χ4v) is 12.7. The van der Waals surface area contributed by atoms with Crippen LogP contribution >= 0.6 is 15.6 Å². The van der Waals surface area contributed by atoms with Gasteiger partial charge in [-0.25, -0.2) is 9.13 Å². The number of phosphoric acid groups is 2. The first-order valence-electron chi connectivity index (χ1n) is 40.8. The van der Waals surface area contributed by atoms with Crippen molar-refractivity contribution in [3.63, 3.8) is 0 Å². The molecule has 102 heavy (non-hydrogen) atoms. The number of carbonyl (C=O) groups excluding carboxylic acids is 4.